The van der Waals surface area contributed by atoms with E-state index in [4.69, 9.17) is 11.6 Å². The second-order valence-electron chi connectivity index (χ2n) is 4.70. The summed E-state index contributed by atoms with van der Waals surface area (Å²) in [6.45, 7) is 3.48. The fraction of sp³-hybridized carbons (Fsp3) is 0.538. The zero-order valence-electron chi connectivity index (χ0n) is 11.6. The predicted octanol–water partition coefficient (Wildman–Crippen LogP) is 2.10. The van der Waals surface area contributed by atoms with Crippen molar-refractivity contribution in [3.63, 3.8) is 0 Å². The molecule has 0 fully saturated rings. The molecule has 0 radical (unpaired) electrons. The summed E-state index contributed by atoms with van der Waals surface area (Å²) in [4.78, 5) is 2.09. The Bertz CT molecular complexity index is 486. The number of hydrogen-bond acceptors (Lipinski definition) is 3. The molecule has 1 rings (SSSR count). The third kappa shape index (κ3) is 5.10. The summed E-state index contributed by atoms with van der Waals surface area (Å²) in [6.07, 6.45) is 0. The molecule has 6 heteroatoms. The van der Waals surface area contributed by atoms with Crippen LogP contribution in [0.15, 0.2) is 24.3 Å². The van der Waals surface area contributed by atoms with E-state index < -0.39 is 10.0 Å². The van der Waals surface area contributed by atoms with Gasteiger partial charge in [0.05, 0.1) is 0 Å². The number of hydrogen-bond donors (Lipinski definition) is 0. The quantitative estimate of drug-likeness (QED) is 0.724. The molecule has 1 aromatic rings. The van der Waals surface area contributed by atoms with E-state index in [0.29, 0.717) is 13.1 Å². The SMILES string of the molecule is CCN(Cc1ccc(CN(C)C)cc1)S(=O)(=O)CCl. The molecule has 0 aliphatic carbocycles. The molecule has 0 amide bonds. The van der Waals surface area contributed by atoms with Crippen LogP contribution in [0.3, 0.4) is 0 Å². The Morgan fingerprint density at radius 3 is 1.89 bits per heavy atom. The number of rotatable bonds is 7. The van der Waals surface area contributed by atoms with Crippen LogP contribution in [0.2, 0.25) is 0 Å². The summed E-state index contributed by atoms with van der Waals surface area (Å²) in [6, 6.07) is 7.98. The highest BCUT2D eigenvalue weighted by Gasteiger charge is 2.19. The van der Waals surface area contributed by atoms with Gasteiger partial charge in [-0.1, -0.05) is 31.2 Å². The second-order valence-corrected chi connectivity index (χ2v) is 7.25. The number of nitrogens with zero attached hydrogens (tertiary/aromatic N) is 2. The third-order valence-corrected chi connectivity index (χ3v) is 5.04. The number of halogens is 1. The van der Waals surface area contributed by atoms with E-state index >= 15 is 0 Å². The Balaban J connectivity index is 2.76. The van der Waals surface area contributed by atoms with Gasteiger partial charge in [-0.2, -0.15) is 4.31 Å². The van der Waals surface area contributed by atoms with Gasteiger partial charge in [-0.15, -0.1) is 11.6 Å². The summed E-state index contributed by atoms with van der Waals surface area (Å²) >= 11 is 5.48. The minimum atomic E-state index is -3.35. The normalized spacial score (nSPS) is 12.3. The molecule has 0 unspecified atom stereocenters. The molecule has 108 valence electrons. The molecular formula is C13H21ClN2O2S. The van der Waals surface area contributed by atoms with Crippen LogP contribution in [0.5, 0.6) is 0 Å². The fourth-order valence-corrected chi connectivity index (χ4v) is 3.09. The molecule has 0 aliphatic heterocycles. The van der Waals surface area contributed by atoms with Gasteiger partial charge in [0.15, 0.2) is 0 Å². The van der Waals surface area contributed by atoms with Crippen molar-refractivity contribution in [2.45, 2.75) is 20.0 Å². The first-order valence-corrected chi connectivity index (χ1v) is 8.29. The van der Waals surface area contributed by atoms with Gasteiger partial charge in [0.2, 0.25) is 10.0 Å². The molecule has 0 saturated carbocycles. The molecule has 0 heterocycles. The average Bonchev–Trinajstić information content (AvgIpc) is 2.37. The van der Waals surface area contributed by atoms with Gasteiger partial charge in [-0.05, 0) is 25.2 Å². The van der Waals surface area contributed by atoms with Crippen LogP contribution < -0.4 is 0 Å². The monoisotopic (exact) mass is 304 g/mol. The van der Waals surface area contributed by atoms with E-state index in [-0.39, 0.29) is 5.21 Å². The van der Waals surface area contributed by atoms with Crippen LogP contribution in [-0.4, -0.2) is 43.5 Å². The Hall–Kier alpha value is -0.620. The Labute approximate surface area is 121 Å². The van der Waals surface area contributed by atoms with Gasteiger partial charge in [0.25, 0.3) is 0 Å². The molecule has 0 aromatic heterocycles. The number of benzene rings is 1. The largest absolute Gasteiger partial charge is 0.305 e. The highest BCUT2D eigenvalue weighted by molar-refractivity contribution is 7.90. The maximum absolute atomic E-state index is 11.7. The topological polar surface area (TPSA) is 40.6 Å². The fourth-order valence-electron chi connectivity index (χ4n) is 1.79. The van der Waals surface area contributed by atoms with E-state index in [1.54, 1.807) is 0 Å². The second kappa shape index (κ2) is 7.24. The molecule has 0 N–H and O–H groups in total. The Morgan fingerprint density at radius 2 is 1.53 bits per heavy atom. The van der Waals surface area contributed by atoms with Crippen molar-refractivity contribution in [1.29, 1.82) is 0 Å². The first-order valence-electron chi connectivity index (χ1n) is 6.15. The standard InChI is InChI=1S/C13H21ClN2O2S/c1-4-16(19(17,18)11-14)10-13-7-5-12(6-8-13)9-15(2)3/h5-8H,4,9-11H2,1-3H3. The summed E-state index contributed by atoms with van der Waals surface area (Å²) in [5.74, 6) is 0. The van der Waals surface area contributed by atoms with Gasteiger partial charge < -0.3 is 4.90 Å². The Morgan fingerprint density at radius 1 is 1.05 bits per heavy atom. The molecule has 4 nitrogen and oxygen atoms in total. The van der Waals surface area contributed by atoms with E-state index in [2.05, 4.69) is 4.90 Å². The molecule has 0 aliphatic rings. The van der Waals surface area contributed by atoms with Crippen LogP contribution >= 0.6 is 11.6 Å². The first-order chi connectivity index (χ1) is 8.89. The zero-order valence-corrected chi connectivity index (χ0v) is 13.2. The van der Waals surface area contributed by atoms with Gasteiger partial charge >= 0.3 is 0 Å². The first kappa shape index (κ1) is 16.4. The maximum atomic E-state index is 11.7. The van der Waals surface area contributed by atoms with Crippen molar-refractivity contribution in [2.75, 3.05) is 25.9 Å². The lowest BCUT2D eigenvalue weighted by molar-refractivity contribution is 0.402. The lowest BCUT2D eigenvalue weighted by Gasteiger charge is -2.19. The smallest absolute Gasteiger partial charge is 0.228 e. The van der Waals surface area contributed by atoms with Gasteiger partial charge in [-0.25, -0.2) is 8.42 Å². The van der Waals surface area contributed by atoms with Crippen LogP contribution in [0.25, 0.3) is 0 Å². The number of sulfonamides is 1. The third-order valence-electron chi connectivity index (χ3n) is 2.76. The predicted molar refractivity (Wildman–Crippen MR) is 79.6 cm³/mol. The highest BCUT2D eigenvalue weighted by atomic mass is 35.5. The van der Waals surface area contributed by atoms with Gasteiger partial charge in [0.1, 0.15) is 5.21 Å². The van der Waals surface area contributed by atoms with E-state index in [9.17, 15) is 8.42 Å². The highest BCUT2D eigenvalue weighted by Crippen LogP contribution is 2.12. The van der Waals surface area contributed by atoms with E-state index in [1.165, 1.54) is 9.87 Å². The van der Waals surface area contributed by atoms with E-state index in [0.717, 1.165) is 12.1 Å². The molecule has 19 heavy (non-hydrogen) atoms. The molecule has 0 saturated heterocycles. The van der Waals surface area contributed by atoms with Crippen molar-refractivity contribution < 1.29 is 8.42 Å². The minimum Gasteiger partial charge on any atom is -0.305 e. The molecule has 0 atom stereocenters. The lowest BCUT2D eigenvalue weighted by Crippen LogP contribution is -2.31. The number of alkyl halides is 1. The van der Waals surface area contributed by atoms with Crippen molar-refractivity contribution in [1.82, 2.24) is 9.21 Å². The molecular weight excluding hydrogens is 284 g/mol. The summed E-state index contributed by atoms with van der Waals surface area (Å²) in [5.41, 5.74) is 2.18. The molecule has 1 aromatic carbocycles. The van der Waals surface area contributed by atoms with Crippen LogP contribution in [-0.2, 0) is 23.1 Å². The minimum absolute atomic E-state index is 0.369. The van der Waals surface area contributed by atoms with Crippen molar-refractivity contribution in [3.8, 4) is 0 Å². The zero-order chi connectivity index (χ0) is 14.5. The molecule has 0 spiro atoms. The maximum Gasteiger partial charge on any atom is 0.228 e. The lowest BCUT2D eigenvalue weighted by atomic mass is 10.1. The summed E-state index contributed by atoms with van der Waals surface area (Å²) < 4.78 is 24.9. The van der Waals surface area contributed by atoms with Crippen LogP contribution in [0.4, 0.5) is 0 Å². The average molecular weight is 305 g/mol. The van der Waals surface area contributed by atoms with Crippen LogP contribution in [0.1, 0.15) is 18.1 Å². The van der Waals surface area contributed by atoms with Crippen molar-refractivity contribution >= 4 is 21.6 Å². The van der Waals surface area contributed by atoms with E-state index in [1.807, 2.05) is 45.3 Å². The summed E-state index contributed by atoms with van der Waals surface area (Å²) in [5, 5.41) is -0.375. The van der Waals surface area contributed by atoms with Crippen molar-refractivity contribution in [3.05, 3.63) is 35.4 Å². The Kier molecular flexibility index (Phi) is 6.26. The molecule has 0 bridgehead atoms. The van der Waals surface area contributed by atoms with Crippen molar-refractivity contribution in [2.24, 2.45) is 0 Å². The summed E-state index contributed by atoms with van der Waals surface area (Å²) in [7, 11) is 0.680. The van der Waals surface area contributed by atoms with Crippen LogP contribution in [0, 0.1) is 0 Å². The van der Waals surface area contributed by atoms with Gasteiger partial charge in [-0.3, -0.25) is 0 Å². The van der Waals surface area contributed by atoms with Gasteiger partial charge in [0, 0.05) is 19.6 Å².